The molecule has 0 bridgehead atoms. The molecule has 0 saturated carbocycles. The van der Waals surface area contributed by atoms with E-state index in [1.54, 1.807) is 0 Å². The zero-order valence-electron chi connectivity index (χ0n) is 15.6. The van der Waals surface area contributed by atoms with Crippen molar-refractivity contribution in [3.63, 3.8) is 0 Å². The van der Waals surface area contributed by atoms with Crippen molar-refractivity contribution in [1.29, 1.82) is 0 Å². The van der Waals surface area contributed by atoms with Gasteiger partial charge in [0.15, 0.2) is 5.69 Å². The average molecular weight is 357 g/mol. The first-order valence-electron chi connectivity index (χ1n) is 9.88. The number of amides is 1. The highest BCUT2D eigenvalue weighted by molar-refractivity contribution is 5.94. The van der Waals surface area contributed by atoms with E-state index in [9.17, 15) is 4.79 Å². The molecule has 7 nitrogen and oxygen atoms in total. The number of likely N-dealkylation sites (tertiary alicyclic amines) is 1. The molecule has 26 heavy (non-hydrogen) atoms. The number of aromatic amines is 1. The zero-order valence-corrected chi connectivity index (χ0v) is 15.6. The fraction of sp³-hybridized carbons (Fsp3) is 0.684. The Kier molecular flexibility index (Phi) is 4.78. The normalized spacial score (nSPS) is 23.5. The maximum absolute atomic E-state index is 13.3. The molecule has 0 unspecified atom stereocenters. The summed E-state index contributed by atoms with van der Waals surface area (Å²) in [5.41, 5.74) is 2.90. The van der Waals surface area contributed by atoms with Crippen LogP contribution in [0, 0.1) is 0 Å². The second kappa shape index (κ2) is 7.21. The van der Waals surface area contributed by atoms with Gasteiger partial charge in [0.05, 0.1) is 5.92 Å². The molecule has 0 aromatic carbocycles. The summed E-state index contributed by atoms with van der Waals surface area (Å²) >= 11 is 0. The van der Waals surface area contributed by atoms with Crippen molar-refractivity contribution in [2.45, 2.75) is 77.2 Å². The topological polar surface area (TPSA) is 87.9 Å². The molecule has 3 heterocycles. The summed E-state index contributed by atoms with van der Waals surface area (Å²) in [5, 5.41) is 15.8. The Morgan fingerprint density at radius 3 is 2.88 bits per heavy atom. The number of aryl methyl sites for hydroxylation is 2. The van der Waals surface area contributed by atoms with E-state index in [1.807, 2.05) is 11.8 Å². The van der Waals surface area contributed by atoms with Crippen LogP contribution >= 0.6 is 0 Å². The van der Waals surface area contributed by atoms with E-state index >= 15 is 0 Å². The molecule has 7 heteroatoms. The van der Waals surface area contributed by atoms with Gasteiger partial charge in [0.2, 0.25) is 11.8 Å². The fourth-order valence-electron chi connectivity index (χ4n) is 4.29. The smallest absolute Gasteiger partial charge is 0.274 e. The number of carbonyl (C=O) groups is 1. The Morgan fingerprint density at radius 2 is 2.08 bits per heavy atom. The lowest BCUT2D eigenvalue weighted by Gasteiger charge is -2.37. The minimum atomic E-state index is 0.0273. The lowest BCUT2D eigenvalue weighted by Crippen LogP contribution is -2.46. The molecular weight excluding hydrogens is 330 g/mol. The van der Waals surface area contributed by atoms with Crippen molar-refractivity contribution in [2.75, 3.05) is 6.54 Å². The van der Waals surface area contributed by atoms with E-state index in [0.29, 0.717) is 17.5 Å². The standard InChI is InChI=1S/C19H27N5O2/c1-3-16-21-23-18(26-16)13-9-7-11-24(12(13)2)19(25)17-14-8-5-4-6-10-15(14)20-22-17/h12-13H,3-11H2,1-2H3,(H,20,22)/t12-,13-/m0/s1. The fourth-order valence-corrected chi connectivity index (χ4v) is 4.29. The van der Waals surface area contributed by atoms with Crippen LogP contribution in [0.15, 0.2) is 4.42 Å². The van der Waals surface area contributed by atoms with Gasteiger partial charge in [-0.2, -0.15) is 5.10 Å². The summed E-state index contributed by atoms with van der Waals surface area (Å²) < 4.78 is 5.79. The second-order valence-electron chi connectivity index (χ2n) is 7.47. The largest absolute Gasteiger partial charge is 0.425 e. The van der Waals surface area contributed by atoms with E-state index in [4.69, 9.17) is 4.42 Å². The Hall–Kier alpha value is -2.18. The molecule has 140 valence electrons. The van der Waals surface area contributed by atoms with Gasteiger partial charge in [-0.05, 0) is 45.4 Å². The van der Waals surface area contributed by atoms with Gasteiger partial charge in [-0.1, -0.05) is 13.3 Å². The summed E-state index contributed by atoms with van der Waals surface area (Å²) in [6, 6.07) is 0.0273. The van der Waals surface area contributed by atoms with Crippen LogP contribution in [0.25, 0.3) is 0 Å². The first-order chi connectivity index (χ1) is 12.7. The van der Waals surface area contributed by atoms with Crippen molar-refractivity contribution in [2.24, 2.45) is 0 Å². The Morgan fingerprint density at radius 1 is 1.23 bits per heavy atom. The highest BCUT2D eigenvalue weighted by atomic mass is 16.4. The molecule has 1 fully saturated rings. The molecule has 2 atom stereocenters. The van der Waals surface area contributed by atoms with Gasteiger partial charge in [-0.25, -0.2) is 0 Å². The summed E-state index contributed by atoms with van der Waals surface area (Å²) in [6.45, 7) is 4.84. The van der Waals surface area contributed by atoms with Crippen molar-refractivity contribution in [3.8, 4) is 0 Å². The van der Waals surface area contributed by atoms with E-state index in [1.165, 1.54) is 12.8 Å². The van der Waals surface area contributed by atoms with Crippen LogP contribution in [0.4, 0.5) is 0 Å². The minimum absolute atomic E-state index is 0.0273. The molecule has 1 amide bonds. The van der Waals surface area contributed by atoms with Crippen molar-refractivity contribution in [3.05, 3.63) is 28.7 Å². The molecule has 0 radical (unpaired) electrons. The molecule has 1 aliphatic heterocycles. The number of piperidine rings is 1. The number of nitrogens with zero attached hydrogens (tertiary/aromatic N) is 4. The Balaban J connectivity index is 1.57. The number of H-pyrrole nitrogens is 1. The van der Waals surface area contributed by atoms with Crippen LogP contribution in [-0.4, -0.2) is 43.8 Å². The maximum Gasteiger partial charge on any atom is 0.274 e. The third-order valence-electron chi connectivity index (χ3n) is 5.86. The summed E-state index contributed by atoms with van der Waals surface area (Å²) in [5.74, 6) is 1.45. The van der Waals surface area contributed by atoms with Crippen LogP contribution in [0.1, 0.15) is 85.4 Å². The molecule has 0 spiro atoms. The molecule has 1 N–H and O–H groups in total. The number of hydrogen-bond acceptors (Lipinski definition) is 5. The molecule has 1 saturated heterocycles. The van der Waals surface area contributed by atoms with Gasteiger partial charge >= 0.3 is 0 Å². The molecule has 1 aliphatic carbocycles. The highest BCUT2D eigenvalue weighted by Crippen LogP contribution is 2.33. The summed E-state index contributed by atoms with van der Waals surface area (Å²) in [7, 11) is 0. The third kappa shape index (κ3) is 3.04. The third-order valence-corrected chi connectivity index (χ3v) is 5.86. The Labute approximate surface area is 153 Å². The molecule has 4 rings (SSSR count). The van der Waals surface area contributed by atoms with Gasteiger partial charge < -0.3 is 9.32 Å². The Bertz CT molecular complexity index is 781. The number of hydrogen-bond donors (Lipinski definition) is 1. The van der Waals surface area contributed by atoms with Gasteiger partial charge in [0.25, 0.3) is 5.91 Å². The zero-order chi connectivity index (χ0) is 18.1. The number of rotatable bonds is 3. The van der Waals surface area contributed by atoms with Gasteiger partial charge in [0, 0.05) is 30.3 Å². The second-order valence-corrected chi connectivity index (χ2v) is 7.47. The molecular formula is C19H27N5O2. The SMILES string of the molecule is CCc1nnc([C@H]2CCCN(C(=O)c3n[nH]c4c3CCCCC4)[C@H]2C)o1. The quantitative estimate of drug-likeness (QED) is 0.853. The molecule has 2 aromatic heterocycles. The first kappa shape index (κ1) is 17.2. The van der Waals surface area contributed by atoms with E-state index < -0.39 is 0 Å². The monoisotopic (exact) mass is 357 g/mol. The highest BCUT2D eigenvalue weighted by Gasteiger charge is 2.37. The van der Waals surface area contributed by atoms with E-state index in [0.717, 1.165) is 56.3 Å². The van der Waals surface area contributed by atoms with Crippen molar-refractivity contribution in [1.82, 2.24) is 25.3 Å². The van der Waals surface area contributed by atoms with Crippen LogP contribution < -0.4 is 0 Å². The molecule has 2 aromatic rings. The van der Waals surface area contributed by atoms with E-state index in [2.05, 4.69) is 27.3 Å². The van der Waals surface area contributed by atoms with Gasteiger partial charge in [-0.3, -0.25) is 9.89 Å². The predicted molar refractivity (Wildman–Crippen MR) is 96.0 cm³/mol. The van der Waals surface area contributed by atoms with E-state index in [-0.39, 0.29) is 17.9 Å². The van der Waals surface area contributed by atoms with Gasteiger partial charge in [-0.15, -0.1) is 10.2 Å². The van der Waals surface area contributed by atoms with Crippen molar-refractivity contribution < 1.29 is 9.21 Å². The lowest BCUT2D eigenvalue weighted by atomic mass is 9.89. The maximum atomic E-state index is 13.3. The number of aromatic nitrogens is 4. The van der Waals surface area contributed by atoms with Crippen LogP contribution in [-0.2, 0) is 19.3 Å². The number of fused-ring (bicyclic) bond motifs is 1. The minimum Gasteiger partial charge on any atom is -0.425 e. The van der Waals surface area contributed by atoms with Crippen LogP contribution in [0.3, 0.4) is 0 Å². The lowest BCUT2D eigenvalue weighted by molar-refractivity contribution is 0.0575. The van der Waals surface area contributed by atoms with Crippen LogP contribution in [0.2, 0.25) is 0 Å². The average Bonchev–Trinajstić information content (AvgIpc) is 3.23. The number of carbonyl (C=O) groups excluding carboxylic acids is 1. The van der Waals surface area contributed by atoms with Crippen molar-refractivity contribution >= 4 is 5.91 Å². The first-order valence-corrected chi connectivity index (χ1v) is 9.88. The number of nitrogens with one attached hydrogen (secondary N) is 1. The summed E-state index contributed by atoms with van der Waals surface area (Å²) in [6.07, 6.45) is 8.10. The predicted octanol–water partition coefficient (Wildman–Crippen LogP) is 3.03. The summed E-state index contributed by atoms with van der Waals surface area (Å²) in [4.78, 5) is 15.2. The van der Waals surface area contributed by atoms with Gasteiger partial charge in [0.1, 0.15) is 0 Å². The van der Waals surface area contributed by atoms with Crippen LogP contribution in [0.5, 0.6) is 0 Å². The molecule has 2 aliphatic rings.